The van der Waals surface area contributed by atoms with Gasteiger partial charge in [-0.25, -0.2) is 23.7 Å². The zero-order chi connectivity index (χ0) is 17.6. The van der Waals surface area contributed by atoms with Crippen LogP contribution in [0.4, 0.5) is 8.78 Å². The van der Waals surface area contributed by atoms with E-state index in [9.17, 15) is 8.78 Å². The van der Waals surface area contributed by atoms with Gasteiger partial charge in [0, 0.05) is 0 Å². The van der Waals surface area contributed by atoms with Gasteiger partial charge in [0.2, 0.25) is 0 Å². The molecule has 0 bridgehead atoms. The molecular weight excluding hydrogens is 320 g/mol. The SMILES string of the molecule is Cc1nc(C=Cc2ccc(F)cc2)nc(C=Cc2ccc(F)cc2)n1. The maximum Gasteiger partial charge on any atom is 0.156 e. The molecule has 0 aliphatic rings. The van der Waals surface area contributed by atoms with Crippen molar-refractivity contribution < 1.29 is 8.78 Å². The van der Waals surface area contributed by atoms with Gasteiger partial charge in [-0.1, -0.05) is 36.4 Å². The zero-order valence-corrected chi connectivity index (χ0v) is 13.5. The number of aromatic nitrogens is 3. The molecule has 3 nitrogen and oxygen atoms in total. The highest BCUT2D eigenvalue weighted by Crippen LogP contribution is 2.10. The molecule has 0 amide bonds. The Morgan fingerprint density at radius 3 is 1.40 bits per heavy atom. The van der Waals surface area contributed by atoms with E-state index < -0.39 is 0 Å². The van der Waals surface area contributed by atoms with Gasteiger partial charge < -0.3 is 0 Å². The van der Waals surface area contributed by atoms with Crippen LogP contribution in [0.3, 0.4) is 0 Å². The molecule has 0 N–H and O–H groups in total. The summed E-state index contributed by atoms with van der Waals surface area (Å²) in [5.74, 6) is 1.06. The molecule has 0 spiro atoms. The highest BCUT2D eigenvalue weighted by Gasteiger charge is 1.99. The van der Waals surface area contributed by atoms with Gasteiger partial charge in [-0.3, -0.25) is 0 Å². The standard InChI is InChI=1S/C20H15F2N3/c1-14-23-19(12-6-15-2-8-17(21)9-3-15)25-20(24-14)13-7-16-4-10-18(22)11-5-16/h2-13H,1H3. The molecule has 0 aliphatic carbocycles. The molecule has 3 rings (SSSR count). The van der Waals surface area contributed by atoms with Gasteiger partial charge in [0.05, 0.1) is 0 Å². The highest BCUT2D eigenvalue weighted by molar-refractivity contribution is 5.69. The first-order chi connectivity index (χ1) is 12.1. The van der Waals surface area contributed by atoms with Crippen LogP contribution in [0.1, 0.15) is 28.6 Å². The van der Waals surface area contributed by atoms with E-state index in [-0.39, 0.29) is 11.6 Å². The Bertz CT molecular complexity index is 841. The van der Waals surface area contributed by atoms with Crippen molar-refractivity contribution in [3.63, 3.8) is 0 Å². The van der Waals surface area contributed by atoms with Crippen molar-refractivity contribution in [1.29, 1.82) is 0 Å². The fourth-order valence-electron chi connectivity index (χ4n) is 2.16. The molecule has 0 aliphatic heterocycles. The van der Waals surface area contributed by atoms with E-state index in [2.05, 4.69) is 15.0 Å². The van der Waals surface area contributed by atoms with Crippen molar-refractivity contribution in [1.82, 2.24) is 15.0 Å². The average Bonchev–Trinajstić information content (AvgIpc) is 2.60. The van der Waals surface area contributed by atoms with Crippen LogP contribution in [0.15, 0.2) is 48.5 Å². The maximum absolute atomic E-state index is 12.9. The summed E-state index contributed by atoms with van der Waals surface area (Å²) >= 11 is 0. The molecule has 1 aromatic heterocycles. The van der Waals surface area contributed by atoms with Gasteiger partial charge in [0.1, 0.15) is 17.5 Å². The second-order valence-electron chi connectivity index (χ2n) is 5.37. The van der Waals surface area contributed by atoms with Crippen molar-refractivity contribution in [3.05, 3.63) is 88.8 Å². The first-order valence-corrected chi connectivity index (χ1v) is 7.68. The second kappa shape index (κ2) is 7.57. The average molecular weight is 335 g/mol. The number of hydrogen-bond donors (Lipinski definition) is 0. The summed E-state index contributed by atoms with van der Waals surface area (Å²) in [4.78, 5) is 12.9. The van der Waals surface area contributed by atoms with Gasteiger partial charge in [0.15, 0.2) is 11.6 Å². The fraction of sp³-hybridized carbons (Fsp3) is 0.0500. The molecule has 2 aromatic carbocycles. The Balaban J connectivity index is 1.80. The predicted molar refractivity (Wildman–Crippen MR) is 95.2 cm³/mol. The third kappa shape index (κ3) is 4.88. The zero-order valence-electron chi connectivity index (χ0n) is 13.5. The number of hydrogen-bond acceptors (Lipinski definition) is 3. The van der Waals surface area contributed by atoms with E-state index in [1.165, 1.54) is 24.3 Å². The van der Waals surface area contributed by atoms with Gasteiger partial charge >= 0.3 is 0 Å². The van der Waals surface area contributed by atoms with Crippen LogP contribution in [0, 0.1) is 18.6 Å². The summed E-state index contributed by atoms with van der Waals surface area (Å²) in [6.07, 6.45) is 7.11. The summed E-state index contributed by atoms with van der Waals surface area (Å²) in [5.41, 5.74) is 1.70. The molecule has 124 valence electrons. The molecule has 0 saturated heterocycles. The lowest BCUT2D eigenvalue weighted by Crippen LogP contribution is -1.98. The monoisotopic (exact) mass is 335 g/mol. The summed E-state index contributed by atoms with van der Waals surface area (Å²) in [5, 5.41) is 0. The number of nitrogens with zero attached hydrogens (tertiary/aromatic N) is 3. The van der Waals surface area contributed by atoms with Crippen molar-refractivity contribution >= 4 is 24.3 Å². The molecular formula is C20H15F2N3. The van der Waals surface area contributed by atoms with Gasteiger partial charge in [-0.05, 0) is 54.5 Å². The van der Waals surface area contributed by atoms with Crippen molar-refractivity contribution in [2.45, 2.75) is 6.92 Å². The van der Waals surface area contributed by atoms with Crippen LogP contribution in [-0.4, -0.2) is 15.0 Å². The number of rotatable bonds is 4. The molecule has 0 fully saturated rings. The lowest BCUT2D eigenvalue weighted by atomic mass is 10.2. The number of aryl methyl sites for hydroxylation is 1. The van der Waals surface area contributed by atoms with Crippen molar-refractivity contribution in [3.8, 4) is 0 Å². The van der Waals surface area contributed by atoms with Crippen LogP contribution in [0.2, 0.25) is 0 Å². The van der Waals surface area contributed by atoms with Crippen molar-refractivity contribution in [2.75, 3.05) is 0 Å². The minimum Gasteiger partial charge on any atom is -0.214 e. The normalized spacial score (nSPS) is 11.5. The molecule has 0 unspecified atom stereocenters. The summed E-state index contributed by atoms with van der Waals surface area (Å²) in [6, 6.07) is 12.3. The second-order valence-corrected chi connectivity index (χ2v) is 5.37. The molecule has 5 heteroatoms. The van der Waals surface area contributed by atoms with Crippen LogP contribution >= 0.6 is 0 Å². The molecule has 1 heterocycles. The molecule has 0 saturated carbocycles. The smallest absolute Gasteiger partial charge is 0.156 e. The van der Waals surface area contributed by atoms with Gasteiger partial charge in [-0.2, -0.15) is 0 Å². The highest BCUT2D eigenvalue weighted by atomic mass is 19.1. The molecule has 0 radical (unpaired) electrons. The van der Waals surface area contributed by atoms with E-state index in [0.29, 0.717) is 17.5 Å². The fourth-order valence-corrected chi connectivity index (χ4v) is 2.16. The Morgan fingerprint density at radius 2 is 1.00 bits per heavy atom. The minimum absolute atomic E-state index is 0.277. The van der Waals surface area contributed by atoms with Crippen LogP contribution in [0.25, 0.3) is 24.3 Å². The lowest BCUT2D eigenvalue weighted by molar-refractivity contribution is 0.627. The van der Waals surface area contributed by atoms with Crippen molar-refractivity contribution in [2.24, 2.45) is 0 Å². The summed E-state index contributed by atoms with van der Waals surface area (Å²) in [7, 11) is 0. The number of halogens is 2. The first kappa shape index (κ1) is 16.6. The van der Waals surface area contributed by atoms with E-state index in [0.717, 1.165) is 11.1 Å². The maximum atomic E-state index is 12.9. The van der Waals surface area contributed by atoms with E-state index in [1.807, 2.05) is 12.2 Å². The largest absolute Gasteiger partial charge is 0.214 e. The Morgan fingerprint density at radius 1 is 0.600 bits per heavy atom. The summed E-state index contributed by atoms with van der Waals surface area (Å²) in [6.45, 7) is 1.78. The van der Waals surface area contributed by atoms with Crippen LogP contribution < -0.4 is 0 Å². The minimum atomic E-state index is -0.277. The Kier molecular flexibility index (Phi) is 5.04. The molecule has 0 atom stereocenters. The predicted octanol–water partition coefficient (Wildman–Crippen LogP) is 4.80. The quantitative estimate of drug-likeness (QED) is 0.687. The van der Waals surface area contributed by atoms with Crippen LogP contribution in [-0.2, 0) is 0 Å². The first-order valence-electron chi connectivity index (χ1n) is 7.68. The Hall–Kier alpha value is -3.21. The third-order valence-corrected chi connectivity index (χ3v) is 3.37. The van der Waals surface area contributed by atoms with Gasteiger partial charge in [-0.15, -0.1) is 0 Å². The lowest BCUT2D eigenvalue weighted by Gasteiger charge is -1.99. The third-order valence-electron chi connectivity index (χ3n) is 3.37. The topological polar surface area (TPSA) is 38.7 Å². The Labute approximate surface area is 144 Å². The molecule has 25 heavy (non-hydrogen) atoms. The van der Waals surface area contributed by atoms with Gasteiger partial charge in [0.25, 0.3) is 0 Å². The van der Waals surface area contributed by atoms with Crippen LogP contribution in [0.5, 0.6) is 0 Å². The summed E-state index contributed by atoms with van der Waals surface area (Å²) < 4.78 is 25.8. The van der Waals surface area contributed by atoms with E-state index >= 15 is 0 Å². The van der Waals surface area contributed by atoms with E-state index in [1.54, 1.807) is 43.3 Å². The molecule has 3 aromatic rings. The number of benzene rings is 2. The van der Waals surface area contributed by atoms with E-state index in [4.69, 9.17) is 0 Å².